The summed E-state index contributed by atoms with van der Waals surface area (Å²) in [4.78, 5) is 8.71. The fraction of sp³-hybridized carbons (Fsp3) is 0.500. The highest BCUT2D eigenvalue weighted by molar-refractivity contribution is 5.90. The van der Waals surface area contributed by atoms with Gasteiger partial charge in [0.05, 0.1) is 18.9 Å². The van der Waals surface area contributed by atoms with Gasteiger partial charge in [-0.25, -0.2) is 9.97 Å². The summed E-state index contributed by atoms with van der Waals surface area (Å²) in [6.07, 6.45) is 2.95. The maximum absolute atomic E-state index is 6.15. The molecule has 0 unspecified atom stereocenters. The van der Waals surface area contributed by atoms with Gasteiger partial charge in [-0.2, -0.15) is 0 Å². The fourth-order valence-corrected chi connectivity index (χ4v) is 2.86. The normalized spacial score (nSPS) is 16.3. The summed E-state index contributed by atoms with van der Waals surface area (Å²) < 4.78 is 11.5. The highest BCUT2D eigenvalue weighted by Crippen LogP contribution is 2.31. The van der Waals surface area contributed by atoms with Crippen molar-refractivity contribution >= 4 is 16.9 Å². The van der Waals surface area contributed by atoms with Crippen molar-refractivity contribution in [3.8, 4) is 5.75 Å². The van der Waals surface area contributed by atoms with Crippen LogP contribution in [0.5, 0.6) is 5.75 Å². The van der Waals surface area contributed by atoms with Crippen LogP contribution in [0.2, 0.25) is 0 Å². The van der Waals surface area contributed by atoms with Gasteiger partial charge in [0.25, 0.3) is 0 Å². The summed E-state index contributed by atoms with van der Waals surface area (Å²) in [7, 11) is 0. The zero-order chi connectivity index (χ0) is 14.8. The number of hydrogen-bond acceptors (Lipinski definition) is 5. The Kier molecular flexibility index (Phi) is 3.92. The molecule has 2 heterocycles. The molecule has 2 aromatic rings. The molecule has 0 radical (unpaired) electrons. The molecular weight excluding hydrogens is 266 g/mol. The molecular formula is C16H21N3O2. The first-order valence-corrected chi connectivity index (χ1v) is 7.49. The van der Waals surface area contributed by atoms with Crippen molar-refractivity contribution in [3.63, 3.8) is 0 Å². The molecule has 1 aromatic heterocycles. The third kappa shape index (κ3) is 2.78. The summed E-state index contributed by atoms with van der Waals surface area (Å²) in [5.41, 5.74) is 8.78. The van der Waals surface area contributed by atoms with Crippen molar-refractivity contribution in [1.29, 1.82) is 0 Å². The number of rotatable bonds is 3. The summed E-state index contributed by atoms with van der Waals surface area (Å²) >= 11 is 0. The standard InChI is InChI=1S/C16H21N3O2/c1-3-11-4-5-13(21-12-6-8-20-9-7-12)15-14(11)10(2)18-16(17)19-15/h4-5,12H,3,6-9H2,1-2H3,(H2,17,18,19). The van der Waals surface area contributed by atoms with Crippen LogP contribution >= 0.6 is 0 Å². The molecule has 0 spiro atoms. The van der Waals surface area contributed by atoms with Crippen molar-refractivity contribution in [3.05, 3.63) is 23.4 Å². The van der Waals surface area contributed by atoms with Crippen LogP contribution in [0.4, 0.5) is 5.95 Å². The van der Waals surface area contributed by atoms with Gasteiger partial charge in [-0.1, -0.05) is 13.0 Å². The molecule has 0 saturated carbocycles. The molecule has 2 N–H and O–H groups in total. The van der Waals surface area contributed by atoms with Crippen molar-refractivity contribution in [2.75, 3.05) is 18.9 Å². The second-order valence-corrected chi connectivity index (χ2v) is 5.40. The van der Waals surface area contributed by atoms with E-state index < -0.39 is 0 Å². The summed E-state index contributed by atoms with van der Waals surface area (Å²) in [5.74, 6) is 1.09. The zero-order valence-electron chi connectivity index (χ0n) is 12.6. The molecule has 0 bridgehead atoms. The molecule has 112 valence electrons. The van der Waals surface area contributed by atoms with Gasteiger partial charge >= 0.3 is 0 Å². The lowest BCUT2D eigenvalue weighted by Crippen LogP contribution is -2.26. The van der Waals surface area contributed by atoms with E-state index in [9.17, 15) is 0 Å². The topological polar surface area (TPSA) is 70.3 Å². The number of nitrogens with zero attached hydrogens (tertiary/aromatic N) is 2. The summed E-state index contributed by atoms with van der Waals surface area (Å²) in [6, 6.07) is 4.10. The van der Waals surface area contributed by atoms with Gasteiger partial charge in [-0.15, -0.1) is 0 Å². The molecule has 1 saturated heterocycles. The van der Waals surface area contributed by atoms with Crippen LogP contribution in [0.3, 0.4) is 0 Å². The number of benzene rings is 1. The molecule has 1 aromatic carbocycles. The van der Waals surface area contributed by atoms with E-state index in [0.29, 0.717) is 5.95 Å². The van der Waals surface area contributed by atoms with E-state index in [1.165, 1.54) is 5.56 Å². The maximum atomic E-state index is 6.15. The highest BCUT2D eigenvalue weighted by atomic mass is 16.5. The van der Waals surface area contributed by atoms with Crippen molar-refractivity contribution < 1.29 is 9.47 Å². The number of hydrogen-bond donors (Lipinski definition) is 1. The lowest BCUT2D eigenvalue weighted by molar-refractivity contribution is 0.0261. The largest absolute Gasteiger partial charge is 0.488 e. The minimum absolute atomic E-state index is 0.186. The molecule has 0 atom stereocenters. The molecule has 3 rings (SSSR count). The van der Waals surface area contributed by atoms with Crippen LogP contribution in [-0.4, -0.2) is 29.3 Å². The van der Waals surface area contributed by atoms with Gasteiger partial charge in [-0.05, 0) is 25.0 Å². The van der Waals surface area contributed by atoms with Crippen LogP contribution in [0.25, 0.3) is 10.9 Å². The number of ether oxygens (including phenoxy) is 2. The average molecular weight is 287 g/mol. The number of anilines is 1. The Bertz CT molecular complexity index is 652. The minimum Gasteiger partial charge on any atom is -0.488 e. The lowest BCUT2D eigenvalue weighted by Gasteiger charge is -2.24. The monoisotopic (exact) mass is 287 g/mol. The Balaban J connectivity index is 2.06. The average Bonchev–Trinajstić information content (AvgIpc) is 2.49. The first-order chi connectivity index (χ1) is 10.2. The van der Waals surface area contributed by atoms with Gasteiger partial charge < -0.3 is 15.2 Å². The number of nitrogens with two attached hydrogens (primary N) is 1. The fourth-order valence-electron chi connectivity index (χ4n) is 2.86. The van der Waals surface area contributed by atoms with Gasteiger partial charge in [0, 0.05) is 18.2 Å². The van der Waals surface area contributed by atoms with E-state index in [0.717, 1.165) is 54.8 Å². The quantitative estimate of drug-likeness (QED) is 0.939. The molecule has 5 heteroatoms. The Morgan fingerprint density at radius 1 is 1.29 bits per heavy atom. The Morgan fingerprint density at radius 3 is 2.76 bits per heavy atom. The van der Waals surface area contributed by atoms with E-state index >= 15 is 0 Å². The maximum Gasteiger partial charge on any atom is 0.220 e. The molecule has 5 nitrogen and oxygen atoms in total. The van der Waals surface area contributed by atoms with Crippen LogP contribution in [0.15, 0.2) is 12.1 Å². The highest BCUT2D eigenvalue weighted by Gasteiger charge is 2.18. The first-order valence-electron chi connectivity index (χ1n) is 7.49. The number of fused-ring (bicyclic) bond motifs is 1. The van der Waals surface area contributed by atoms with E-state index in [4.69, 9.17) is 15.2 Å². The smallest absolute Gasteiger partial charge is 0.220 e. The van der Waals surface area contributed by atoms with Crippen molar-refractivity contribution in [2.45, 2.75) is 39.2 Å². The van der Waals surface area contributed by atoms with Crippen LogP contribution in [0, 0.1) is 6.92 Å². The molecule has 0 aliphatic carbocycles. The predicted octanol–water partition coefficient (Wildman–Crippen LogP) is 2.64. The van der Waals surface area contributed by atoms with Crippen LogP contribution in [-0.2, 0) is 11.2 Å². The molecule has 21 heavy (non-hydrogen) atoms. The molecule has 0 amide bonds. The minimum atomic E-state index is 0.186. The van der Waals surface area contributed by atoms with E-state index in [2.05, 4.69) is 23.0 Å². The van der Waals surface area contributed by atoms with E-state index in [-0.39, 0.29) is 6.10 Å². The molecule has 1 aliphatic rings. The van der Waals surface area contributed by atoms with Crippen LogP contribution < -0.4 is 10.5 Å². The molecule has 1 fully saturated rings. The second-order valence-electron chi connectivity index (χ2n) is 5.40. The zero-order valence-corrected chi connectivity index (χ0v) is 12.6. The van der Waals surface area contributed by atoms with E-state index in [1.807, 2.05) is 13.0 Å². The number of aromatic nitrogens is 2. The number of nitrogen functional groups attached to an aromatic ring is 1. The first kappa shape index (κ1) is 14.1. The Hall–Kier alpha value is -1.88. The second kappa shape index (κ2) is 5.85. The van der Waals surface area contributed by atoms with Gasteiger partial charge in [0.15, 0.2) is 0 Å². The SMILES string of the molecule is CCc1ccc(OC2CCOCC2)c2nc(N)nc(C)c12. The third-order valence-electron chi connectivity index (χ3n) is 3.94. The summed E-state index contributed by atoms with van der Waals surface area (Å²) in [6.45, 7) is 5.61. The Labute approximate surface area is 124 Å². The van der Waals surface area contributed by atoms with Crippen molar-refractivity contribution in [2.24, 2.45) is 0 Å². The number of aryl methyl sites for hydroxylation is 2. The summed E-state index contributed by atoms with van der Waals surface area (Å²) in [5, 5.41) is 1.07. The lowest BCUT2D eigenvalue weighted by atomic mass is 10.0. The van der Waals surface area contributed by atoms with Gasteiger partial charge in [0.2, 0.25) is 5.95 Å². The van der Waals surface area contributed by atoms with Crippen LogP contribution in [0.1, 0.15) is 31.0 Å². The van der Waals surface area contributed by atoms with Crippen molar-refractivity contribution in [1.82, 2.24) is 9.97 Å². The molecule has 1 aliphatic heterocycles. The van der Waals surface area contributed by atoms with Gasteiger partial charge in [-0.3, -0.25) is 0 Å². The Morgan fingerprint density at radius 2 is 2.05 bits per heavy atom. The van der Waals surface area contributed by atoms with Gasteiger partial charge in [0.1, 0.15) is 17.4 Å². The third-order valence-corrected chi connectivity index (χ3v) is 3.94. The predicted molar refractivity (Wildman–Crippen MR) is 82.5 cm³/mol. The van der Waals surface area contributed by atoms with E-state index in [1.54, 1.807) is 0 Å².